The van der Waals surface area contributed by atoms with Crippen molar-refractivity contribution < 1.29 is 18.0 Å². The van der Waals surface area contributed by atoms with Gasteiger partial charge in [0.05, 0.1) is 5.56 Å². The van der Waals surface area contributed by atoms with Gasteiger partial charge < -0.3 is 9.80 Å². The van der Waals surface area contributed by atoms with Gasteiger partial charge in [-0.3, -0.25) is 9.78 Å². The van der Waals surface area contributed by atoms with Crippen molar-refractivity contribution in [2.75, 3.05) is 27.2 Å². The molecule has 0 saturated heterocycles. The highest BCUT2D eigenvalue weighted by Gasteiger charge is 2.30. The number of halogens is 3. The van der Waals surface area contributed by atoms with Crippen LogP contribution in [0.25, 0.3) is 10.8 Å². The average Bonchev–Trinajstić information content (AvgIpc) is 2.69. The van der Waals surface area contributed by atoms with Crippen molar-refractivity contribution in [3.63, 3.8) is 0 Å². The quantitative estimate of drug-likeness (QED) is 0.612. The predicted molar refractivity (Wildman–Crippen MR) is 106 cm³/mol. The van der Waals surface area contributed by atoms with Gasteiger partial charge in [-0.15, -0.1) is 0 Å². The fourth-order valence-corrected chi connectivity index (χ4v) is 3.08. The van der Waals surface area contributed by atoms with Crippen LogP contribution in [0.4, 0.5) is 13.2 Å². The van der Waals surface area contributed by atoms with Crippen LogP contribution in [-0.4, -0.2) is 47.9 Å². The second kappa shape index (κ2) is 8.61. The molecule has 0 N–H and O–H groups in total. The standard InChI is InChI=1S/C22H22F3N3O/c1-27(2)12-13-28(15-16-6-5-8-18(14-16)22(23,24)25)21(29)20-19-9-4-3-7-17(19)10-11-26-20/h3-11,14H,12-13,15H2,1-2H3. The van der Waals surface area contributed by atoms with Gasteiger partial charge in [-0.25, -0.2) is 0 Å². The van der Waals surface area contributed by atoms with Crippen LogP contribution in [-0.2, 0) is 12.7 Å². The topological polar surface area (TPSA) is 36.4 Å². The van der Waals surface area contributed by atoms with Gasteiger partial charge in [0.1, 0.15) is 5.69 Å². The van der Waals surface area contributed by atoms with Crippen molar-refractivity contribution in [2.45, 2.75) is 12.7 Å². The number of carbonyl (C=O) groups is 1. The molecule has 0 aliphatic rings. The van der Waals surface area contributed by atoms with E-state index in [0.717, 1.165) is 22.9 Å². The zero-order chi connectivity index (χ0) is 21.0. The molecule has 0 saturated carbocycles. The van der Waals surface area contributed by atoms with Crippen molar-refractivity contribution in [1.29, 1.82) is 0 Å². The molecule has 1 amide bonds. The Balaban J connectivity index is 1.94. The van der Waals surface area contributed by atoms with Gasteiger partial charge in [-0.2, -0.15) is 13.2 Å². The molecule has 152 valence electrons. The van der Waals surface area contributed by atoms with Gasteiger partial charge >= 0.3 is 6.18 Å². The molecule has 4 nitrogen and oxygen atoms in total. The molecule has 2 aromatic carbocycles. The summed E-state index contributed by atoms with van der Waals surface area (Å²) in [5.74, 6) is -0.305. The number of fused-ring (bicyclic) bond motifs is 1. The number of aromatic nitrogens is 1. The summed E-state index contributed by atoms with van der Waals surface area (Å²) in [6.07, 6.45) is -2.85. The largest absolute Gasteiger partial charge is 0.416 e. The monoisotopic (exact) mass is 401 g/mol. The van der Waals surface area contributed by atoms with Crippen LogP contribution in [0, 0.1) is 0 Å². The molecule has 1 heterocycles. The number of hydrogen-bond acceptors (Lipinski definition) is 3. The first-order chi connectivity index (χ1) is 13.8. The van der Waals surface area contributed by atoms with Crippen LogP contribution in [0.2, 0.25) is 0 Å². The zero-order valence-corrected chi connectivity index (χ0v) is 16.3. The fourth-order valence-electron chi connectivity index (χ4n) is 3.08. The molecule has 0 fully saturated rings. The third-order valence-electron chi connectivity index (χ3n) is 4.61. The van der Waals surface area contributed by atoms with Gasteiger partial charge in [0.2, 0.25) is 0 Å². The summed E-state index contributed by atoms with van der Waals surface area (Å²) in [4.78, 5) is 21.0. The predicted octanol–water partition coefficient (Wildman–Crippen LogP) is 4.46. The molecular weight excluding hydrogens is 379 g/mol. The zero-order valence-electron chi connectivity index (χ0n) is 16.3. The van der Waals surface area contributed by atoms with E-state index in [0.29, 0.717) is 24.3 Å². The first kappa shape index (κ1) is 20.8. The van der Waals surface area contributed by atoms with E-state index in [1.807, 2.05) is 49.3 Å². The molecule has 0 unspecified atom stereocenters. The maximum absolute atomic E-state index is 13.3. The Labute approximate surface area is 167 Å². The lowest BCUT2D eigenvalue weighted by molar-refractivity contribution is -0.137. The van der Waals surface area contributed by atoms with Gasteiger partial charge in [0.25, 0.3) is 5.91 Å². The van der Waals surface area contributed by atoms with Crippen LogP contribution >= 0.6 is 0 Å². The molecule has 0 aliphatic heterocycles. The molecule has 0 atom stereocenters. The number of nitrogens with zero attached hydrogens (tertiary/aromatic N) is 3. The molecule has 0 bridgehead atoms. The summed E-state index contributed by atoms with van der Waals surface area (Å²) in [5.41, 5.74) is -0.000653. The highest BCUT2D eigenvalue weighted by atomic mass is 19.4. The lowest BCUT2D eigenvalue weighted by Crippen LogP contribution is -2.36. The molecule has 29 heavy (non-hydrogen) atoms. The Morgan fingerprint density at radius 1 is 1.00 bits per heavy atom. The molecular formula is C22H22F3N3O. The second-order valence-corrected chi connectivity index (χ2v) is 7.11. The minimum Gasteiger partial charge on any atom is -0.332 e. The highest BCUT2D eigenvalue weighted by Crippen LogP contribution is 2.30. The number of likely N-dealkylation sites (N-methyl/N-ethyl adjacent to an activating group) is 1. The maximum atomic E-state index is 13.3. The van der Waals surface area contributed by atoms with Crippen LogP contribution in [0.1, 0.15) is 21.6 Å². The Bertz CT molecular complexity index is 997. The number of alkyl halides is 3. The van der Waals surface area contributed by atoms with E-state index in [1.165, 1.54) is 6.07 Å². The minimum atomic E-state index is -4.42. The van der Waals surface area contributed by atoms with Crippen LogP contribution in [0.5, 0.6) is 0 Å². The summed E-state index contributed by atoms with van der Waals surface area (Å²) in [6.45, 7) is 1.02. The summed E-state index contributed by atoms with van der Waals surface area (Å²) in [7, 11) is 3.76. The number of carbonyl (C=O) groups excluding carboxylic acids is 1. The van der Waals surface area contributed by atoms with Crippen molar-refractivity contribution in [3.05, 3.63) is 77.6 Å². The molecule has 0 aliphatic carbocycles. The number of rotatable bonds is 6. The van der Waals surface area contributed by atoms with Crippen molar-refractivity contribution >= 4 is 16.7 Å². The molecule has 3 aromatic rings. The lowest BCUT2D eigenvalue weighted by Gasteiger charge is -2.25. The number of pyridine rings is 1. The van der Waals surface area contributed by atoms with Crippen molar-refractivity contribution in [2.24, 2.45) is 0 Å². The fraction of sp³-hybridized carbons (Fsp3) is 0.273. The van der Waals surface area contributed by atoms with E-state index >= 15 is 0 Å². The maximum Gasteiger partial charge on any atom is 0.416 e. The van der Waals surface area contributed by atoms with E-state index in [2.05, 4.69) is 4.98 Å². The minimum absolute atomic E-state index is 0.0709. The van der Waals surface area contributed by atoms with E-state index in [1.54, 1.807) is 17.2 Å². The molecule has 0 radical (unpaired) electrons. The smallest absolute Gasteiger partial charge is 0.332 e. The van der Waals surface area contributed by atoms with E-state index in [9.17, 15) is 18.0 Å². The van der Waals surface area contributed by atoms with E-state index in [-0.39, 0.29) is 12.5 Å². The summed E-state index contributed by atoms with van der Waals surface area (Å²) in [6, 6.07) is 14.3. The molecule has 7 heteroatoms. The average molecular weight is 401 g/mol. The Hall–Kier alpha value is -2.93. The van der Waals surface area contributed by atoms with E-state index < -0.39 is 11.7 Å². The van der Waals surface area contributed by atoms with Crippen molar-refractivity contribution in [3.8, 4) is 0 Å². The Morgan fingerprint density at radius 3 is 2.48 bits per heavy atom. The van der Waals surface area contributed by atoms with Crippen LogP contribution in [0.3, 0.4) is 0 Å². The number of amides is 1. The van der Waals surface area contributed by atoms with Crippen LogP contribution in [0.15, 0.2) is 60.8 Å². The SMILES string of the molecule is CN(C)CCN(Cc1cccc(C(F)(F)F)c1)C(=O)c1nccc2ccccc12. The normalized spacial score (nSPS) is 11.8. The number of benzene rings is 2. The van der Waals surface area contributed by atoms with Crippen LogP contribution < -0.4 is 0 Å². The van der Waals surface area contributed by atoms with Gasteiger partial charge in [-0.1, -0.05) is 36.4 Å². The summed E-state index contributed by atoms with van der Waals surface area (Å²) >= 11 is 0. The highest BCUT2D eigenvalue weighted by molar-refractivity contribution is 6.05. The van der Waals surface area contributed by atoms with Crippen molar-refractivity contribution in [1.82, 2.24) is 14.8 Å². The third-order valence-corrected chi connectivity index (χ3v) is 4.61. The van der Waals surface area contributed by atoms with Gasteiger partial charge in [0.15, 0.2) is 0 Å². The summed E-state index contributed by atoms with van der Waals surface area (Å²) in [5, 5.41) is 1.61. The molecule has 1 aromatic heterocycles. The Morgan fingerprint density at radius 2 is 1.76 bits per heavy atom. The summed E-state index contributed by atoms with van der Waals surface area (Å²) < 4.78 is 39.2. The third kappa shape index (κ3) is 5.12. The van der Waals surface area contributed by atoms with E-state index in [4.69, 9.17) is 0 Å². The van der Waals surface area contributed by atoms with Gasteiger partial charge in [0, 0.05) is 31.2 Å². The lowest BCUT2D eigenvalue weighted by atomic mass is 10.1. The first-order valence-corrected chi connectivity index (χ1v) is 9.19. The second-order valence-electron chi connectivity index (χ2n) is 7.11. The molecule has 3 rings (SSSR count). The molecule has 0 spiro atoms. The first-order valence-electron chi connectivity index (χ1n) is 9.19. The Kier molecular flexibility index (Phi) is 6.17. The number of hydrogen-bond donors (Lipinski definition) is 0. The van der Waals surface area contributed by atoms with Gasteiger partial charge in [-0.05, 0) is 43.2 Å².